The summed E-state index contributed by atoms with van der Waals surface area (Å²) in [6.45, 7) is 3.96. The average Bonchev–Trinajstić information content (AvgIpc) is 2.58. The van der Waals surface area contributed by atoms with E-state index in [0.29, 0.717) is 15.0 Å². The summed E-state index contributed by atoms with van der Waals surface area (Å²) in [5.41, 5.74) is 5.42. The van der Waals surface area contributed by atoms with E-state index in [1.165, 1.54) is 79.6 Å². The second-order valence-corrected chi connectivity index (χ2v) is 9.19. The van der Waals surface area contributed by atoms with Gasteiger partial charge in [0.2, 0.25) is 0 Å². The van der Waals surface area contributed by atoms with Crippen molar-refractivity contribution in [3.05, 3.63) is 58.8 Å². The van der Waals surface area contributed by atoms with Gasteiger partial charge < -0.3 is 0 Å². The van der Waals surface area contributed by atoms with Crippen molar-refractivity contribution >= 4 is 19.4 Å². The van der Waals surface area contributed by atoms with Crippen LogP contribution in [-0.2, 0) is 0 Å². The molecule has 1 fully saturated rings. The first-order chi connectivity index (χ1) is 11.9. The number of hydrogen-bond donors (Lipinski definition) is 0. The number of allylic oxidation sites excluding steroid dienone is 2. The molecule has 130 valence electrons. The minimum absolute atomic E-state index is 0.381. The van der Waals surface area contributed by atoms with E-state index in [-0.39, 0.29) is 0 Å². The average molecular weight is 387 g/mol. The molecule has 2 rings (SSSR count). The summed E-state index contributed by atoms with van der Waals surface area (Å²) in [6, 6.07) is 10.9. The molecule has 1 saturated carbocycles. The van der Waals surface area contributed by atoms with Gasteiger partial charge in [-0.1, -0.05) is 0 Å². The van der Waals surface area contributed by atoms with Crippen molar-refractivity contribution in [1.29, 1.82) is 0 Å². The van der Waals surface area contributed by atoms with E-state index in [1.807, 2.05) is 6.08 Å². The summed E-state index contributed by atoms with van der Waals surface area (Å²) in [5.74, 6) is 0. The Balaban J connectivity index is 2.10. The van der Waals surface area contributed by atoms with Crippen LogP contribution in [0.25, 0.3) is 0 Å². The first-order valence-electron chi connectivity index (χ1n) is 9.70. The van der Waals surface area contributed by atoms with Crippen LogP contribution in [0, 0.1) is 0 Å². The molecule has 0 spiro atoms. The maximum absolute atomic E-state index is 3.96. The summed E-state index contributed by atoms with van der Waals surface area (Å²) in [5, 5.41) is 0. The molecular weight excluding hydrogens is 355 g/mol. The molecule has 0 nitrogen and oxygen atoms in total. The molecule has 0 aliphatic heterocycles. The van der Waals surface area contributed by atoms with Crippen LogP contribution in [-0.4, -0.2) is 15.0 Å². The minimum atomic E-state index is 0.381. The van der Waals surface area contributed by atoms with Crippen LogP contribution in [0.2, 0.25) is 0 Å². The molecule has 0 heterocycles. The Labute approximate surface area is 155 Å². The van der Waals surface area contributed by atoms with E-state index in [4.69, 9.17) is 0 Å². The van der Waals surface area contributed by atoms with Crippen molar-refractivity contribution in [3.63, 3.8) is 0 Å². The molecule has 0 unspecified atom stereocenters. The first kappa shape index (κ1) is 19.3. The molecule has 0 amide bonds. The van der Waals surface area contributed by atoms with Crippen LogP contribution in [0.4, 0.5) is 0 Å². The van der Waals surface area contributed by atoms with Gasteiger partial charge in [-0.05, 0) is 0 Å². The molecule has 0 bridgehead atoms. The van der Waals surface area contributed by atoms with Gasteiger partial charge in [-0.15, -0.1) is 0 Å². The third kappa shape index (κ3) is 8.20. The van der Waals surface area contributed by atoms with E-state index in [0.717, 1.165) is 6.42 Å². The van der Waals surface area contributed by atoms with Gasteiger partial charge in [-0.3, -0.25) is 0 Å². The molecule has 1 aromatic carbocycles. The van der Waals surface area contributed by atoms with E-state index in [1.54, 1.807) is 5.57 Å². The fourth-order valence-electron chi connectivity index (χ4n) is 3.24. The second-order valence-electron chi connectivity index (χ2n) is 6.74. The van der Waals surface area contributed by atoms with Crippen LogP contribution in [0.1, 0.15) is 77.0 Å². The van der Waals surface area contributed by atoms with Gasteiger partial charge in [0.25, 0.3) is 0 Å². The van der Waals surface area contributed by atoms with Crippen LogP contribution in [0.15, 0.2) is 58.8 Å². The molecular formula is C23H32Se. The van der Waals surface area contributed by atoms with Crippen LogP contribution in [0.3, 0.4) is 0 Å². The van der Waals surface area contributed by atoms with Crippen LogP contribution in [0.5, 0.6) is 0 Å². The Kier molecular flexibility index (Phi) is 9.96. The van der Waals surface area contributed by atoms with Crippen LogP contribution >= 0.6 is 0 Å². The van der Waals surface area contributed by atoms with Gasteiger partial charge in [0.05, 0.1) is 0 Å². The molecule has 0 atom stereocenters. The van der Waals surface area contributed by atoms with E-state index in [2.05, 4.69) is 42.6 Å². The maximum atomic E-state index is 3.96. The quantitative estimate of drug-likeness (QED) is 0.323. The summed E-state index contributed by atoms with van der Waals surface area (Å²) in [7, 11) is 0. The van der Waals surface area contributed by atoms with Crippen molar-refractivity contribution in [2.45, 2.75) is 77.0 Å². The molecule has 0 N–H and O–H groups in total. The molecule has 1 aromatic rings. The fourth-order valence-corrected chi connectivity index (χ4v) is 5.29. The standard InChI is InChI=1S/C23H32Se/c1-2-15-23(24-22-18-13-10-14-19-22)20-21-16-11-8-6-4-3-5-7-9-12-17-21/h2,10,13-14,18-19H,1,3-9,11-12,15-17H2. The summed E-state index contributed by atoms with van der Waals surface area (Å²) in [4.78, 5) is 0. The first-order valence-corrected chi connectivity index (χ1v) is 11.4. The molecule has 1 aliphatic rings. The zero-order valence-corrected chi connectivity index (χ0v) is 16.8. The third-order valence-corrected chi connectivity index (χ3v) is 6.73. The molecule has 0 radical (unpaired) electrons. The van der Waals surface area contributed by atoms with Gasteiger partial charge >= 0.3 is 155 Å². The van der Waals surface area contributed by atoms with E-state index >= 15 is 0 Å². The van der Waals surface area contributed by atoms with Crippen molar-refractivity contribution in [2.75, 3.05) is 0 Å². The fraction of sp³-hybridized carbons (Fsp3) is 0.522. The number of benzene rings is 1. The zero-order chi connectivity index (χ0) is 16.9. The summed E-state index contributed by atoms with van der Waals surface area (Å²) < 4.78 is 2.91. The Morgan fingerprint density at radius 3 is 1.96 bits per heavy atom. The van der Waals surface area contributed by atoms with Crippen molar-refractivity contribution in [3.8, 4) is 0 Å². The molecule has 1 heteroatoms. The predicted molar refractivity (Wildman–Crippen MR) is 108 cm³/mol. The molecule has 1 aliphatic carbocycles. The molecule has 0 aromatic heterocycles. The Bertz CT molecular complexity index is 520. The van der Waals surface area contributed by atoms with Gasteiger partial charge in [0.1, 0.15) is 0 Å². The SMILES string of the molecule is C=CCC(=C=C1CCCCCCCCCCC1)[Se]c1ccccc1. The van der Waals surface area contributed by atoms with Crippen molar-refractivity contribution in [2.24, 2.45) is 0 Å². The van der Waals surface area contributed by atoms with Crippen molar-refractivity contribution < 1.29 is 0 Å². The Morgan fingerprint density at radius 2 is 1.42 bits per heavy atom. The summed E-state index contributed by atoms with van der Waals surface area (Å²) >= 11 is 0.381. The van der Waals surface area contributed by atoms with E-state index < -0.39 is 0 Å². The zero-order valence-electron chi connectivity index (χ0n) is 15.1. The topological polar surface area (TPSA) is 0 Å². The number of rotatable bonds is 4. The third-order valence-electron chi connectivity index (χ3n) is 4.59. The predicted octanol–water partition coefficient (Wildman–Crippen LogP) is 6.31. The van der Waals surface area contributed by atoms with E-state index in [9.17, 15) is 0 Å². The Morgan fingerprint density at radius 1 is 0.875 bits per heavy atom. The van der Waals surface area contributed by atoms with Gasteiger partial charge in [0, 0.05) is 0 Å². The molecule has 0 saturated heterocycles. The normalized spacial score (nSPS) is 17.2. The monoisotopic (exact) mass is 388 g/mol. The van der Waals surface area contributed by atoms with Gasteiger partial charge in [-0.2, -0.15) is 0 Å². The second kappa shape index (κ2) is 12.4. The van der Waals surface area contributed by atoms with Gasteiger partial charge in [-0.25, -0.2) is 0 Å². The Hall–Kier alpha value is -1.00. The van der Waals surface area contributed by atoms with Crippen molar-refractivity contribution in [1.82, 2.24) is 0 Å². The summed E-state index contributed by atoms with van der Waals surface area (Å²) in [6.07, 6.45) is 18.2. The van der Waals surface area contributed by atoms with Crippen LogP contribution < -0.4 is 4.46 Å². The molecule has 24 heavy (non-hydrogen) atoms. The van der Waals surface area contributed by atoms with Gasteiger partial charge in [0.15, 0.2) is 0 Å². The number of hydrogen-bond acceptors (Lipinski definition) is 0.